The van der Waals surface area contributed by atoms with E-state index in [2.05, 4.69) is 47.8 Å². The highest BCUT2D eigenvalue weighted by Crippen LogP contribution is 2.05. The summed E-state index contributed by atoms with van der Waals surface area (Å²) in [6.07, 6.45) is 0.754. The van der Waals surface area contributed by atoms with Crippen LogP contribution in [0.4, 0.5) is 0 Å². The van der Waals surface area contributed by atoms with Gasteiger partial charge in [-0.15, -0.1) is 5.10 Å². The zero-order valence-electron chi connectivity index (χ0n) is 14.0. The van der Waals surface area contributed by atoms with Crippen LogP contribution in [-0.4, -0.2) is 63.6 Å². The van der Waals surface area contributed by atoms with Crippen LogP contribution in [-0.2, 0) is 6.42 Å². The Labute approximate surface area is 127 Å². The normalized spacial score (nSPS) is 11.4. The highest BCUT2D eigenvalue weighted by atomic mass is 16.2. The summed E-state index contributed by atoms with van der Waals surface area (Å²) in [5.74, 6) is 1.39. The van der Waals surface area contributed by atoms with Gasteiger partial charge >= 0.3 is 0 Å². The average Bonchev–Trinajstić information content (AvgIpc) is 2.94. The first-order chi connectivity index (χ1) is 10.0. The molecule has 6 heteroatoms. The summed E-state index contributed by atoms with van der Waals surface area (Å²) in [5.41, 5.74) is 0. The van der Waals surface area contributed by atoms with Crippen LogP contribution in [0.3, 0.4) is 0 Å². The van der Waals surface area contributed by atoms with E-state index >= 15 is 0 Å². The average molecular weight is 295 g/mol. The minimum Gasteiger partial charge on any atom is -0.334 e. The van der Waals surface area contributed by atoms with Gasteiger partial charge in [0.05, 0.1) is 0 Å². The minimum atomic E-state index is -0.0770. The Morgan fingerprint density at radius 2 is 1.86 bits per heavy atom. The summed E-state index contributed by atoms with van der Waals surface area (Å²) in [6, 6.07) is 0. The van der Waals surface area contributed by atoms with E-state index in [-0.39, 0.29) is 11.7 Å². The number of amides is 1. The molecule has 0 aromatic carbocycles. The minimum absolute atomic E-state index is 0.0770. The van der Waals surface area contributed by atoms with Gasteiger partial charge in [-0.2, -0.15) is 0 Å². The van der Waals surface area contributed by atoms with Gasteiger partial charge < -0.3 is 9.80 Å². The van der Waals surface area contributed by atoms with Gasteiger partial charge in [0.15, 0.2) is 0 Å². The van der Waals surface area contributed by atoms with E-state index in [9.17, 15) is 4.79 Å². The molecule has 1 heterocycles. The third kappa shape index (κ3) is 5.46. The molecule has 0 unspecified atom stereocenters. The van der Waals surface area contributed by atoms with Crippen molar-refractivity contribution in [3.8, 4) is 0 Å². The van der Waals surface area contributed by atoms with Crippen molar-refractivity contribution in [3.05, 3.63) is 11.6 Å². The van der Waals surface area contributed by atoms with E-state index in [4.69, 9.17) is 0 Å². The molecule has 0 fully saturated rings. The smallest absolute Gasteiger partial charge is 0.293 e. The topological polar surface area (TPSA) is 65.1 Å². The molecule has 0 atom stereocenters. The van der Waals surface area contributed by atoms with Crippen LogP contribution >= 0.6 is 0 Å². The highest BCUT2D eigenvalue weighted by molar-refractivity contribution is 5.90. The number of carbonyl (C=O) groups excluding carboxylic acids is 1. The van der Waals surface area contributed by atoms with E-state index in [1.165, 1.54) is 0 Å². The number of likely N-dealkylation sites (N-methyl/N-ethyl adjacent to an activating group) is 1. The van der Waals surface area contributed by atoms with Crippen molar-refractivity contribution < 1.29 is 4.79 Å². The van der Waals surface area contributed by atoms with E-state index in [1.54, 1.807) is 0 Å². The van der Waals surface area contributed by atoms with Gasteiger partial charge in [-0.05, 0) is 19.0 Å². The predicted octanol–water partition coefficient (Wildman–Crippen LogP) is 1.81. The fourth-order valence-corrected chi connectivity index (χ4v) is 2.21. The number of carbonyl (C=O) groups is 1. The number of aromatic nitrogens is 3. The number of H-pyrrole nitrogens is 1. The monoisotopic (exact) mass is 295 g/mol. The van der Waals surface area contributed by atoms with Gasteiger partial charge in [0, 0.05) is 26.1 Å². The van der Waals surface area contributed by atoms with Crippen LogP contribution in [0.2, 0.25) is 0 Å². The molecule has 1 aromatic heterocycles. The van der Waals surface area contributed by atoms with Crippen molar-refractivity contribution in [3.63, 3.8) is 0 Å². The lowest BCUT2D eigenvalue weighted by Crippen LogP contribution is -2.41. The van der Waals surface area contributed by atoms with Crippen molar-refractivity contribution in [2.75, 3.05) is 32.7 Å². The Hall–Kier alpha value is -1.43. The van der Waals surface area contributed by atoms with Gasteiger partial charge in [0.2, 0.25) is 5.82 Å². The third-order valence-corrected chi connectivity index (χ3v) is 3.51. The predicted molar refractivity (Wildman–Crippen MR) is 84.3 cm³/mol. The molecular weight excluding hydrogens is 266 g/mol. The van der Waals surface area contributed by atoms with E-state index in [0.717, 1.165) is 38.4 Å². The van der Waals surface area contributed by atoms with E-state index in [0.29, 0.717) is 12.5 Å². The van der Waals surface area contributed by atoms with Crippen LogP contribution in [0.25, 0.3) is 0 Å². The standard InChI is InChI=1S/C15H29N5O/c1-6-13-16-14(18-17-13)15(21)20(11-12(4)5)10-9-19(7-2)8-3/h12H,6-11H2,1-5H3,(H,16,17,18). The fourth-order valence-electron chi connectivity index (χ4n) is 2.21. The van der Waals surface area contributed by atoms with Crippen LogP contribution in [0.15, 0.2) is 0 Å². The third-order valence-electron chi connectivity index (χ3n) is 3.51. The molecule has 120 valence electrons. The zero-order valence-corrected chi connectivity index (χ0v) is 14.0. The second kappa shape index (κ2) is 8.77. The number of nitrogens with one attached hydrogen (secondary N) is 1. The summed E-state index contributed by atoms with van der Waals surface area (Å²) in [5, 5.41) is 6.85. The van der Waals surface area contributed by atoms with Crippen LogP contribution in [0, 0.1) is 5.92 Å². The molecule has 1 aromatic rings. The van der Waals surface area contributed by atoms with Gasteiger partial charge in [-0.3, -0.25) is 9.89 Å². The molecule has 0 bridgehead atoms. The molecule has 0 aliphatic carbocycles. The molecule has 0 saturated carbocycles. The number of aromatic amines is 1. The van der Waals surface area contributed by atoms with Crippen molar-refractivity contribution in [2.24, 2.45) is 5.92 Å². The van der Waals surface area contributed by atoms with Crippen molar-refractivity contribution in [1.29, 1.82) is 0 Å². The lowest BCUT2D eigenvalue weighted by Gasteiger charge is -2.27. The Kier molecular flexibility index (Phi) is 7.36. The first-order valence-electron chi connectivity index (χ1n) is 7.94. The summed E-state index contributed by atoms with van der Waals surface area (Å²) >= 11 is 0. The molecule has 0 saturated heterocycles. The van der Waals surface area contributed by atoms with E-state index in [1.807, 2.05) is 11.8 Å². The van der Waals surface area contributed by atoms with Crippen molar-refractivity contribution in [1.82, 2.24) is 25.0 Å². The molecule has 0 spiro atoms. The Bertz CT molecular complexity index is 425. The molecule has 21 heavy (non-hydrogen) atoms. The summed E-state index contributed by atoms with van der Waals surface area (Å²) < 4.78 is 0. The first kappa shape index (κ1) is 17.6. The number of nitrogens with zero attached hydrogens (tertiary/aromatic N) is 4. The maximum Gasteiger partial charge on any atom is 0.293 e. The number of rotatable bonds is 9. The zero-order chi connectivity index (χ0) is 15.8. The molecule has 1 rings (SSSR count). The maximum absolute atomic E-state index is 12.6. The number of aryl methyl sites for hydroxylation is 1. The number of hydrogen-bond donors (Lipinski definition) is 1. The molecule has 0 aliphatic heterocycles. The number of hydrogen-bond acceptors (Lipinski definition) is 4. The van der Waals surface area contributed by atoms with Crippen LogP contribution in [0.5, 0.6) is 0 Å². The molecule has 1 N–H and O–H groups in total. The van der Waals surface area contributed by atoms with Gasteiger partial charge in [-0.1, -0.05) is 34.6 Å². The Morgan fingerprint density at radius 1 is 1.19 bits per heavy atom. The molecular formula is C15H29N5O. The van der Waals surface area contributed by atoms with Gasteiger partial charge in [-0.25, -0.2) is 4.98 Å². The second-order valence-corrected chi connectivity index (χ2v) is 5.63. The maximum atomic E-state index is 12.6. The van der Waals surface area contributed by atoms with Gasteiger partial charge in [0.1, 0.15) is 5.82 Å². The molecule has 0 aliphatic rings. The molecule has 1 amide bonds. The lowest BCUT2D eigenvalue weighted by atomic mass is 10.2. The summed E-state index contributed by atoms with van der Waals surface area (Å²) in [7, 11) is 0. The first-order valence-corrected chi connectivity index (χ1v) is 7.94. The van der Waals surface area contributed by atoms with E-state index < -0.39 is 0 Å². The second-order valence-electron chi connectivity index (χ2n) is 5.63. The fraction of sp³-hybridized carbons (Fsp3) is 0.800. The summed E-state index contributed by atoms with van der Waals surface area (Å²) in [4.78, 5) is 21.0. The van der Waals surface area contributed by atoms with Crippen LogP contribution in [0.1, 0.15) is 51.1 Å². The van der Waals surface area contributed by atoms with Gasteiger partial charge in [0.25, 0.3) is 5.91 Å². The Balaban J connectivity index is 2.73. The van der Waals surface area contributed by atoms with Crippen LogP contribution < -0.4 is 0 Å². The van der Waals surface area contributed by atoms with Crippen molar-refractivity contribution in [2.45, 2.75) is 41.0 Å². The molecule has 0 radical (unpaired) electrons. The largest absolute Gasteiger partial charge is 0.334 e. The lowest BCUT2D eigenvalue weighted by molar-refractivity contribution is 0.0704. The highest BCUT2D eigenvalue weighted by Gasteiger charge is 2.21. The molecule has 6 nitrogen and oxygen atoms in total. The SMILES string of the molecule is CCc1nc(C(=O)N(CCN(CC)CC)CC(C)C)n[nH]1. The van der Waals surface area contributed by atoms with Crippen molar-refractivity contribution >= 4 is 5.91 Å². The Morgan fingerprint density at radius 3 is 2.33 bits per heavy atom. The quantitative estimate of drug-likeness (QED) is 0.754. The summed E-state index contributed by atoms with van der Waals surface area (Å²) in [6.45, 7) is 14.8.